The van der Waals surface area contributed by atoms with Gasteiger partial charge in [-0.15, -0.1) is 0 Å². The molecule has 0 heterocycles. The fourth-order valence-electron chi connectivity index (χ4n) is 2.47. The molecule has 0 spiro atoms. The lowest BCUT2D eigenvalue weighted by Crippen LogP contribution is -2.04. The number of hydrogen-bond donors (Lipinski definition) is 1. The minimum atomic E-state index is -0.643. The summed E-state index contributed by atoms with van der Waals surface area (Å²) in [5.74, 6) is 0.0404. The second kappa shape index (κ2) is 5.09. The third kappa shape index (κ3) is 3.01. The molecule has 17 heavy (non-hydrogen) atoms. The van der Waals surface area contributed by atoms with Crippen LogP contribution < -0.4 is 0 Å². The highest BCUT2D eigenvalue weighted by Crippen LogP contribution is 2.46. The molecule has 2 nitrogen and oxygen atoms in total. The van der Waals surface area contributed by atoms with Crippen LogP contribution in [0.25, 0.3) is 0 Å². The zero-order chi connectivity index (χ0) is 12.4. The number of hydrogen-bond acceptors (Lipinski definition) is 1. The Labute approximate surface area is 107 Å². The maximum absolute atomic E-state index is 10.8. The zero-order valence-electron chi connectivity index (χ0n) is 9.90. The number of aliphatic carboxylic acids is 1. The van der Waals surface area contributed by atoms with Gasteiger partial charge in [0.15, 0.2) is 0 Å². The smallest absolute Gasteiger partial charge is 0.306 e. The molecule has 2 rings (SSSR count). The van der Waals surface area contributed by atoms with Crippen LogP contribution in [0.4, 0.5) is 0 Å². The fraction of sp³-hybridized carbons (Fsp3) is 0.500. The van der Waals surface area contributed by atoms with Gasteiger partial charge >= 0.3 is 5.97 Å². The van der Waals surface area contributed by atoms with Gasteiger partial charge in [0.05, 0.1) is 5.92 Å². The quantitative estimate of drug-likeness (QED) is 0.862. The Hall–Kier alpha value is -1.02. The number of carbonyl (C=O) groups is 1. The van der Waals surface area contributed by atoms with Gasteiger partial charge in [-0.05, 0) is 48.8 Å². The minimum Gasteiger partial charge on any atom is -0.481 e. The van der Waals surface area contributed by atoms with E-state index >= 15 is 0 Å². The second-order valence-electron chi connectivity index (χ2n) is 4.84. The van der Waals surface area contributed by atoms with Gasteiger partial charge < -0.3 is 5.11 Å². The van der Waals surface area contributed by atoms with Gasteiger partial charge in [-0.3, -0.25) is 4.79 Å². The third-order valence-corrected chi connectivity index (χ3v) is 3.88. The first-order chi connectivity index (χ1) is 8.11. The van der Waals surface area contributed by atoms with E-state index < -0.39 is 5.97 Å². The Kier molecular flexibility index (Phi) is 3.72. The Morgan fingerprint density at radius 2 is 2.35 bits per heavy atom. The van der Waals surface area contributed by atoms with Crippen LogP contribution >= 0.6 is 11.6 Å². The molecule has 0 aliphatic heterocycles. The molecule has 3 heteroatoms. The molecule has 3 atom stereocenters. The van der Waals surface area contributed by atoms with E-state index in [-0.39, 0.29) is 5.92 Å². The summed E-state index contributed by atoms with van der Waals surface area (Å²) in [4.78, 5) is 10.8. The fourth-order valence-corrected chi connectivity index (χ4v) is 2.67. The average molecular weight is 253 g/mol. The lowest BCUT2D eigenvalue weighted by atomic mass is 9.91. The van der Waals surface area contributed by atoms with E-state index in [4.69, 9.17) is 16.7 Å². The van der Waals surface area contributed by atoms with Crippen LogP contribution in [0.3, 0.4) is 0 Å². The van der Waals surface area contributed by atoms with Gasteiger partial charge in [0.2, 0.25) is 0 Å². The topological polar surface area (TPSA) is 37.3 Å². The first-order valence-corrected chi connectivity index (χ1v) is 6.48. The molecule has 0 amide bonds. The van der Waals surface area contributed by atoms with Crippen molar-refractivity contribution in [1.29, 1.82) is 0 Å². The normalized spacial score (nSPS) is 24.4. The zero-order valence-corrected chi connectivity index (χ0v) is 10.7. The van der Waals surface area contributed by atoms with Gasteiger partial charge in [0, 0.05) is 5.02 Å². The summed E-state index contributed by atoms with van der Waals surface area (Å²) < 4.78 is 0. The molecular weight excluding hydrogens is 236 g/mol. The molecule has 1 saturated carbocycles. The molecular formula is C14H17ClO2. The van der Waals surface area contributed by atoms with Gasteiger partial charge in [0.1, 0.15) is 0 Å². The van der Waals surface area contributed by atoms with Crippen molar-refractivity contribution in [3.05, 3.63) is 34.9 Å². The lowest BCUT2D eigenvalue weighted by Gasteiger charge is -2.15. The maximum Gasteiger partial charge on any atom is 0.306 e. The molecule has 0 saturated heterocycles. The van der Waals surface area contributed by atoms with E-state index in [1.807, 2.05) is 18.2 Å². The molecule has 1 aliphatic carbocycles. The number of rotatable bonds is 5. The van der Waals surface area contributed by atoms with Gasteiger partial charge in [-0.2, -0.15) is 0 Å². The van der Waals surface area contributed by atoms with E-state index in [0.29, 0.717) is 11.8 Å². The summed E-state index contributed by atoms with van der Waals surface area (Å²) in [7, 11) is 0. The van der Waals surface area contributed by atoms with Gasteiger partial charge in [-0.25, -0.2) is 0 Å². The van der Waals surface area contributed by atoms with E-state index in [2.05, 4.69) is 13.0 Å². The second-order valence-corrected chi connectivity index (χ2v) is 5.27. The van der Waals surface area contributed by atoms with Crippen LogP contribution in [0.5, 0.6) is 0 Å². The summed E-state index contributed by atoms with van der Waals surface area (Å²) in [6.07, 6.45) is 2.84. The summed E-state index contributed by atoms with van der Waals surface area (Å²) in [6, 6.07) is 7.91. The summed E-state index contributed by atoms with van der Waals surface area (Å²) in [5, 5.41) is 9.66. The summed E-state index contributed by atoms with van der Waals surface area (Å²) in [5.41, 5.74) is 1.23. The highest BCUT2D eigenvalue weighted by molar-refractivity contribution is 6.30. The number of benzene rings is 1. The predicted octanol–water partition coefficient (Wildman–Crippen LogP) is 3.94. The molecule has 3 unspecified atom stereocenters. The van der Waals surface area contributed by atoms with Crippen molar-refractivity contribution in [2.45, 2.75) is 32.1 Å². The summed E-state index contributed by atoms with van der Waals surface area (Å²) in [6.45, 7) is 2.14. The van der Waals surface area contributed by atoms with Crippen molar-refractivity contribution in [2.24, 2.45) is 11.8 Å². The van der Waals surface area contributed by atoms with E-state index in [1.165, 1.54) is 5.56 Å². The SMILES string of the molecule is CCC(CC1CC1C(=O)O)c1cccc(Cl)c1. The standard InChI is InChI=1S/C14H17ClO2/c1-2-9(6-11-8-13(11)14(16)17)10-4-3-5-12(15)7-10/h3-5,7,9,11,13H,2,6,8H2,1H3,(H,16,17). The highest BCUT2D eigenvalue weighted by atomic mass is 35.5. The van der Waals surface area contributed by atoms with Crippen molar-refractivity contribution < 1.29 is 9.90 Å². The van der Waals surface area contributed by atoms with Crippen LogP contribution in [0.1, 0.15) is 37.7 Å². The summed E-state index contributed by atoms with van der Waals surface area (Å²) >= 11 is 5.98. The lowest BCUT2D eigenvalue weighted by molar-refractivity contribution is -0.138. The number of carboxylic acid groups (broad SMARTS) is 1. The average Bonchev–Trinajstić information content (AvgIpc) is 3.05. The Morgan fingerprint density at radius 3 is 2.88 bits per heavy atom. The maximum atomic E-state index is 10.8. The van der Waals surface area contributed by atoms with Crippen LogP contribution in [0.2, 0.25) is 5.02 Å². The van der Waals surface area contributed by atoms with Crippen LogP contribution in [-0.2, 0) is 4.79 Å². The van der Waals surface area contributed by atoms with E-state index in [1.54, 1.807) is 0 Å². The van der Waals surface area contributed by atoms with Crippen molar-refractivity contribution in [2.75, 3.05) is 0 Å². The van der Waals surface area contributed by atoms with Crippen molar-refractivity contribution in [3.8, 4) is 0 Å². The molecule has 0 radical (unpaired) electrons. The van der Waals surface area contributed by atoms with Gasteiger partial charge in [-0.1, -0.05) is 30.7 Å². The molecule has 92 valence electrons. The molecule has 0 bridgehead atoms. The van der Waals surface area contributed by atoms with Gasteiger partial charge in [0.25, 0.3) is 0 Å². The largest absolute Gasteiger partial charge is 0.481 e. The third-order valence-electron chi connectivity index (χ3n) is 3.64. The van der Waals surface area contributed by atoms with Crippen molar-refractivity contribution >= 4 is 17.6 Å². The number of halogens is 1. The van der Waals surface area contributed by atoms with E-state index in [9.17, 15) is 4.79 Å². The molecule has 1 aromatic rings. The highest BCUT2D eigenvalue weighted by Gasteiger charge is 2.43. The number of carboxylic acids is 1. The molecule has 1 aromatic carbocycles. The molecule has 0 aromatic heterocycles. The van der Waals surface area contributed by atoms with Crippen LogP contribution in [0, 0.1) is 11.8 Å². The van der Waals surface area contributed by atoms with Crippen LogP contribution in [-0.4, -0.2) is 11.1 Å². The minimum absolute atomic E-state index is 0.108. The first kappa shape index (κ1) is 12.4. The molecule has 1 fully saturated rings. The van der Waals surface area contributed by atoms with E-state index in [0.717, 1.165) is 24.3 Å². The molecule has 1 aliphatic rings. The molecule has 1 N–H and O–H groups in total. The van der Waals surface area contributed by atoms with Crippen LogP contribution in [0.15, 0.2) is 24.3 Å². The van der Waals surface area contributed by atoms with Crippen molar-refractivity contribution in [1.82, 2.24) is 0 Å². The monoisotopic (exact) mass is 252 g/mol. The Bertz CT molecular complexity index is 416. The van der Waals surface area contributed by atoms with Crippen molar-refractivity contribution in [3.63, 3.8) is 0 Å². The Balaban J connectivity index is 2.00. The first-order valence-electron chi connectivity index (χ1n) is 6.10. The Morgan fingerprint density at radius 1 is 1.59 bits per heavy atom. The predicted molar refractivity (Wildman–Crippen MR) is 68.3 cm³/mol.